The summed E-state index contributed by atoms with van der Waals surface area (Å²) in [4.78, 5) is 24.5. The molecule has 0 N–H and O–H groups in total. The molecule has 17 heavy (non-hydrogen) atoms. The average Bonchev–Trinajstić information content (AvgIpc) is 2.33. The molecule has 0 aliphatic heterocycles. The summed E-state index contributed by atoms with van der Waals surface area (Å²) in [6.45, 7) is -0.638. The van der Waals surface area contributed by atoms with Crippen LogP contribution in [0.1, 0.15) is 5.56 Å². The first-order valence-electron chi connectivity index (χ1n) is 4.83. The Hall–Kier alpha value is -2.37. The zero-order chi connectivity index (χ0) is 12.5. The van der Waals surface area contributed by atoms with Crippen LogP contribution in [0.3, 0.4) is 0 Å². The van der Waals surface area contributed by atoms with E-state index in [-0.39, 0.29) is 6.61 Å². The van der Waals surface area contributed by atoms with Crippen LogP contribution in [-0.4, -0.2) is 24.3 Å². The Morgan fingerprint density at radius 1 is 1.35 bits per heavy atom. The van der Waals surface area contributed by atoms with E-state index in [1.165, 1.54) is 0 Å². The Morgan fingerprint density at radius 3 is 2.71 bits per heavy atom. The van der Waals surface area contributed by atoms with Crippen molar-refractivity contribution in [2.45, 2.75) is 0 Å². The maximum atomic E-state index is 10.9. The summed E-state index contributed by atoms with van der Waals surface area (Å²) in [5.41, 5.74) is 0.977. The van der Waals surface area contributed by atoms with Gasteiger partial charge < -0.3 is 9.57 Å². The topological polar surface area (TPSA) is 78.7 Å². The molecule has 0 amide bonds. The Bertz CT molecular complexity index is 402. The third-order valence-electron chi connectivity index (χ3n) is 1.74. The van der Waals surface area contributed by atoms with E-state index < -0.39 is 17.7 Å². The molecule has 0 aromatic heterocycles. The van der Waals surface area contributed by atoms with Crippen molar-refractivity contribution in [3.8, 4) is 0 Å². The third-order valence-corrected chi connectivity index (χ3v) is 1.74. The molecule has 0 atom stereocenters. The molecule has 0 saturated carbocycles. The van der Waals surface area contributed by atoms with E-state index >= 15 is 0 Å². The molecule has 0 fully saturated rings. The van der Waals surface area contributed by atoms with Gasteiger partial charge in [-0.2, -0.15) is 0 Å². The van der Waals surface area contributed by atoms with Gasteiger partial charge in [0.2, 0.25) is 0 Å². The van der Waals surface area contributed by atoms with Gasteiger partial charge in [-0.3, -0.25) is 0 Å². The summed E-state index contributed by atoms with van der Waals surface area (Å²) < 4.78 is 4.66. The van der Waals surface area contributed by atoms with E-state index in [4.69, 9.17) is 0 Å². The molecule has 1 aromatic rings. The lowest BCUT2D eigenvalue weighted by atomic mass is 10.2. The van der Waals surface area contributed by atoms with Crippen molar-refractivity contribution in [2.75, 3.05) is 13.2 Å². The molecule has 0 aliphatic carbocycles. The SMILES string of the molecule is O=C(CO[N+](=O)[O-])OC/C=C/c1ccccc1. The largest absolute Gasteiger partial charge is 0.460 e. The van der Waals surface area contributed by atoms with Gasteiger partial charge in [0.05, 0.1) is 0 Å². The van der Waals surface area contributed by atoms with Crippen molar-refractivity contribution in [2.24, 2.45) is 0 Å². The molecule has 0 unspecified atom stereocenters. The minimum Gasteiger partial charge on any atom is -0.460 e. The third kappa shape index (κ3) is 5.93. The van der Waals surface area contributed by atoms with Gasteiger partial charge >= 0.3 is 5.97 Å². The number of rotatable bonds is 6. The number of esters is 1. The fourth-order valence-corrected chi connectivity index (χ4v) is 1.04. The van der Waals surface area contributed by atoms with Crippen LogP contribution in [0.25, 0.3) is 6.08 Å². The number of benzene rings is 1. The van der Waals surface area contributed by atoms with Gasteiger partial charge in [0.1, 0.15) is 6.61 Å². The van der Waals surface area contributed by atoms with Gasteiger partial charge in [-0.1, -0.05) is 36.4 Å². The second kappa shape index (κ2) is 7.00. The summed E-state index contributed by atoms with van der Waals surface area (Å²) in [6.07, 6.45) is 3.42. The van der Waals surface area contributed by atoms with Crippen molar-refractivity contribution in [1.29, 1.82) is 0 Å². The Kier molecular flexibility index (Phi) is 5.23. The van der Waals surface area contributed by atoms with Crippen molar-refractivity contribution < 1.29 is 19.5 Å². The molecule has 0 bridgehead atoms. The first-order chi connectivity index (χ1) is 8.18. The van der Waals surface area contributed by atoms with Crippen molar-refractivity contribution in [1.82, 2.24) is 0 Å². The molecule has 90 valence electrons. The summed E-state index contributed by atoms with van der Waals surface area (Å²) in [5, 5.41) is 8.74. The van der Waals surface area contributed by atoms with E-state index in [0.717, 1.165) is 5.56 Å². The zero-order valence-corrected chi connectivity index (χ0v) is 8.94. The predicted molar refractivity (Wildman–Crippen MR) is 59.4 cm³/mol. The average molecular weight is 237 g/mol. The van der Waals surface area contributed by atoms with Crippen LogP contribution in [-0.2, 0) is 14.4 Å². The van der Waals surface area contributed by atoms with Crippen molar-refractivity contribution in [3.05, 3.63) is 52.1 Å². The summed E-state index contributed by atoms with van der Waals surface area (Å²) in [7, 11) is 0. The van der Waals surface area contributed by atoms with Crippen LogP contribution in [0.4, 0.5) is 0 Å². The lowest BCUT2D eigenvalue weighted by Crippen LogP contribution is -2.15. The highest BCUT2D eigenvalue weighted by Crippen LogP contribution is 2.00. The van der Waals surface area contributed by atoms with Crippen molar-refractivity contribution >= 4 is 12.0 Å². The minimum atomic E-state index is -1.04. The van der Waals surface area contributed by atoms with Gasteiger partial charge in [-0.15, -0.1) is 10.1 Å². The lowest BCUT2D eigenvalue weighted by Gasteiger charge is -1.99. The van der Waals surface area contributed by atoms with Crippen LogP contribution in [0.5, 0.6) is 0 Å². The van der Waals surface area contributed by atoms with Crippen LogP contribution in [0, 0.1) is 10.1 Å². The standard InChI is InChI=1S/C11H11NO5/c13-11(9-17-12(14)15)16-8-4-7-10-5-2-1-3-6-10/h1-7H,8-9H2/b7-4+. The Morgan fingerprint density at radius 2 is 2.06 bits per heavy atom. The molecular weight excluding hydrogens is 226 g/mol. The van der Waals surface area contributed by atoms with E-state index in [9.17, 15) is 14.9 Å². The number of nitrogens with zero attached hydrogens (tertiary/aromatic N) is 1. The Balaban J connectivity index is 2.21. The second-order valence-corrected chi connectivity index (χ2v) is 2.99. The molecule has 6 heteroatoms. The maximum absolute atomic E-state index is 10.9. The second-order valence-electron chi connectivity index (χ2n) is 2.99. The summed E-state index contributed by atoms with van der Waals surface area (Å²) in [6, 6.07) is 9.46. The molecule has 0 spiro atoms. The minimum absolute atomic E-state index is 0.0504. The number of carbonyl (C=O) groups excluding carboxylic acids is 1. The molecule has 1 aromatic carbocycles. The van der Waals surface area contributed by atoms with E-state index in [1.54, 1.807) is 12.2 Å². The fraction of sp³-hybridized carbons (Fsp3) is 0.182. The predicted octanol–water partition coefficient (Wildman–Crippen LogP) is 1.45. The number of hydrogen-bond acceptors (Lipinski definition) is 5. The smallest absolute Gasteiger partial charge is 0.332 e. The molecular formula is C11H11NO5. The first-order valence-corrected chi connectivity index (χ1v) is 4.83. The highest BCUT2D eigenvalue weighted by molar-refractivity contribution is 5.70. The van der Waals surface area contributed by atoms with Crippen LogP contribution in [0.2, 0.25) is 0 Å². The van der Waals surface area contributed by atoms with Gasteiger partial charge in [0, 0.05) is 0 Å². The monoisotopic (exact) mass is 237 g/mol. The summed E-state index contributed by atoms with van der Waals surface area (Å²) in [5.74, 6) is -0.778. The lowest BCUT2D eigenvalue weighted by molar-refractivity contribution is -0.754. The normalized spacial score (nSPS) is 10.1. The zero-order valence-electron chi connectivity index (χ0n) is 8.94. The number of ether oxygens (including phenoxy) is 1. The number of carbonyl (C=O) groups is 1. The summed E-state index contributed by atoms with van der Waals surface area (Å²) >= 11 is 0. The highest BCUT2D eigenvalue weighted by Gasteiger charge is 2.04. The van der Waals surface area contributed by atoms with Crippen LogP contribution in [0.15, 0.2) is 36.4 Å². The van der Waals surface area contributed by atoms with E-state index in [0.29, 0.717) is 0 Å². The number of hydrogen-bond donors (Lipinski definition) is 0. The quantitative estimate of drug-likeness (QED) is 0.425. The van der Waals surface area contributed by atoms with Crippen LogP contribution < -0.4 is 0 Å². The van der Waals surface area contributed by atoms with E-state index in [1.807, 2.05) is 30.3 Å². The molecule has 1 rings (SSSR count). The van der Waals surface area contributed by atoms with Gasteiger partial charge in [0.15, 0.2) is 6.61 Å². The molecule has 6 nitrogen and oxygen atoms in total. The van der Waals surface area contributed by atoms with Gasteiger partial charge in [-0.25, -0.2) is 4.79 Å². The first kappa shape index (κ1) is 12.7. The van der Waals surface area contributed by atoms with Crippen LogP contribution >= 0.6 is 0 Å². The van der Waals surface area contributed by atoms with Crippen molar-refractivity contribution in [3.63, 3.8) is 0 Å². The maximum Gasteiger partial charge on any atom is 0.332 e. The van der Waals surface area contributed by atoms with E-state index in [2.05, 4.69) is 9.57 Å². The molecule has 0 radical (unpaired) electrons. The molecule has 0 heterocycles. The fourth-order valence-electron chi connectivity index (χ4n) is 1.04. The van der Waals surface area contributed by atoms with Gasteiger partial charge in [0.25, 0.3) is 5.09 Å². The Labute approximate surface area is 97.6 Å². The van der Waals surface area contributed by atoms with Gasteiger partial charge in [-0.05, 0) is 11.6 Å². The highest BCUT2D eigenvalue weighted by atomic mass is 17.0. The molecule has 0 aliphatic rings. The molecule has 0 saturated heterocycles.